The van der Waals surface area contributed by atoms with Gasteiger partial charge in [0.05, 0.1) is 12.8 Å². The molecule has 2 N–H and O–H groups in total. The van der Waals surface area contributed by atoms with Gasteiger partial charge in [-0.25, -0.2) is 4.79 Å². The summed E-state index contributed by atoms with van der Waals surface area (Å²) in [6.07, 6.45) is 1.16. The molecule has 0 saturated heterocycles. The van der Waals surface area contributed by atoms with E-state index < -0.39 is 29.6 Å². The molecule has 0 fully saturated rings. The highest BCUT2D eigenvalue weighted by molar-refractivity contribution is 5.82. The average molecular weight is 536 g/mol. The fourth-order valence-electron chi connectivity index (χ4n) is 3.54. The molecule has 0 aliphatic carbocycles. The zero-order chi connectivity index (χ0) is 29.3. The molecule has 0 aromatic heterocycles. The lowest BCUT2D eigenvalue weighted by Crippen LogP contribution is -2.59. The number of carbonyl (C=O) groups is 4. The standard InChI is InChI=1S/C29H45NO8/c1-10-12-23(31)38-29(26(34)35,30-19(3)11-2)16-20-13-14-21(36-24(32)17-27(4,5)6)22(15-20)37-25(33)18-28(7,8)9/h13-15,19,30H,10-12,16-18H2,1-9H3,(H,34,35)/t19?,29-/m0/s1. The predicted molar refractivity (Wildman–Crippen MR) is 144 cm³/mol. The number of carboxylic acid groups (broad SMARTS) is 1. The molecule has 0 saturated carbocycles. The zero-order valence-electron chi connectivity index (χ0n) is 24.4. The average Bonchev–Trinajstić information content (AvgIpc) is 2.72. The van der Waals surface area contributed by atoms with Gasteiger partial charge in [0.1, 0.15) is 0 Å². The highest BCUT2D eigenvalue weighted by atomic mass is 16.6. The van der Waals surface area contributed by atoms with Gasteiger partial charge in [-0.2, -0.15) is 0 Å². The smallest absolute Gasteiger partial charge is 0.364 e. The topological polar surface area (TPSA) is 128 Å². The Labute approximate surface area is 226 Å². The number of carbonyl (C=O) groups excluding carboxylic acids is 3. The minimum absolute atomic E-state index is 0.0123. The maximum absolute atomic E-state index is 12.7. The first-order valence-electron chi connectivity index (χ1n) is 13.2. The molecule has 214 valence electrons. The summed E-state index contributed by atoms with van der Waals surface area (Å²) < 4.78 is 16.6. The Morgan fingerprint density at radius 2 is 1.39 bits per heavy atom. The number of benzene rings is 1. The van der Waals surface area contributed by atoms with Gasteiger partial charge in [-0.05, 0) is 48.3 Å². The Morgan fingerprint density at radius 1 is 0.868 bits per heavy atom. The van der Waals surface area contributed by atoms with Crippen LogP contribution in [0.15, 0.2) is 18.2 Å². The molecule has 2 atom stereocenters. The second-order valence-corrected chi connectivity index (χ2v) is 12.2. The van der Waals surface area contributed by atoms with Crippen LogP contribution in [0.3, 0.4) is 0 Å². The summed E-state index contributed by atoms with van der Waals surface area (Å²) >= 11 is 0. The first-order chi connectivity index (χ1) is 17.4. The molecule has 1 aromatic rings. The van der Waals surface area contributed by atoms with Gasteiger partial charge in [0.25, 0.3) is 5.72 Å². The number of rotatable bonds is 13. The van der Waals surface area contributed by atoms with Crippen LogP contribution in [-0.2, 0) is 30.3 Å². The van der Waals surface area contributed by atoms with Crippen LogP contribution in [0.5, 0.6) is 11.5 Å². The van der Waals surface area contributed by atoms with Crippen molar-refractivity contribution in [2.75, 3.05) is 0 Å². The van der Waals surface area contributed by atoms with Crippen molar-refractivity contribution in [3.63, 3.8) is 0 Å². The molecule has 0 amide bonds. The van der Waals surface area contributed by atoms with E-state index in [1.165, 1.54) is 12.1 Å². The van der Waals surface area contributed by atoms with E-state index in [2.05, 4.69) is 5.32 Å². The summed E-state index contributed by atoms with van der Waals surface area (Å²) in [4.78, 5) is 50.1. The number of hydrogen-bond acceptors (Lipinski definition) is 8. The van der Waals surface area contributed by atoms with Gasteiger partial charge in [0, 0.05) is 18.9 Å². The number of carboxylic acids is 1. The van der Waals surface area contributed by atoms with Crippen LogP contribution in [0.2, 0.25) is 0 Å². The second kappa shape index (κ2) is 13.7. The molecule has 0 aliphatic heterocycles. The lowest BCUT2D eigenvalue weighted by Gasteiger charge is -2.33. The van der Waals surface area contributed by atoms with Gasteiger partial charge in [-0.3, -0.25) is 19.7 Å². The molecule has 0 radical (unpaired) electrons. The molecule has 0 bridgehead atoms. The van der Waals surface area contributed by atoms with Gasteiger partial charge in [0.15, 0.2) is 11.5 Å². The Bertz CT molecular complexity index is 989. The quantitative estimate of drug-likeness (QED) is 0.193. The molecule has 1 unspecified atom stereocenters. The number of ether oxygens (including phenoxy) is 3. The monoisotopic (exact) mass is 535 g/mol. The summed E-state index contributed by atoms with van der Waals surface area (Å²) in [5.41, 5.74) is -2.30. The fraction of sp³-hybridized carbons (Fsp3) is 0.655. The first kappa shape index (κ1) is 33.1. The second-order valence-electron chi connectivity index (χ2n) is 12.2. The fourth-order valence-corrected chi connectivity index (χ4v) is 3.54. The van der Waals surface area contributed by atoms with Gasteiger partial charge >= 0.3 is 23.9 Å². The van der Waals surface area contributed by atoms with Gasteiger partial charge in [-0.15, -0.1) is 0 Å². The molecular formula is C29H45NO8. The van der Waals surface area contributed by atoms with E-state index in [-0.39, 0.29) is 54.1 Å². The summed E-state index contributed by atoms with van der Waals surface area (Å²) in [6, 6.07) is 4.19. The summed E-state index contributed by atoms with van der Waals surface area (Å²) in [7, 11) is 0. The zero-order valence-corrected chi connectivity index (χ0v) is 24.4. The minimum atomic E-state index is -2.04. The van der Waals surface area contributed by atoms with E-state index in [4.69, 9.17) is 14.2 Å². The van der Waals surface area contributed by atoms with Crippen molar-refractivity contribution in [2.24, 2.45) is 10.8 Å². The molecule has 0 spiro atoms. The van der Waals surface area contributed by atoms with Crippen molar-refractivity contribution < 1.29 is 38.5 Å². The Kier molecular flexibility index (Phi) is 12.0. The molecule has 9 nitrogen and oxygen atoms in total. The summed E-state index contributed by atoms with van der Waals surface area (Å²) in [6.45, 7) is 16.8. The lowest BCUT2D eigenvalue weighted by atomic mass is 9.92. The van der Waals surface area contributed by atoms with Crippen molar-refractivity contribution in [3.05, 3.63) is 23.8 Å². The first-order valence-corrected chi connectivity index (χ1v) is 13.2. The van der Waals surface area contributed by atoms with Crippen molar-refractivity contribution >= 4 is 23.9 Å². The van der Waals surface area contributed by atoms with Crippen LogP contribution >= 0.6 is 0 Å². The number of aliphatic carboxylic acids is 1. The Hall–Kier alpha value is -2.94. The van der Waals surface area contributed by atoms with Crippen LogP contribution < -0.4 is 14.8 Å². The minimum Gasteiger partial charge on any atom is -0.477 e. The van der Waals surface area contributed by atoms with Crippen molar-refractivity contribution in [1.82, 2.24) is 5.32 Å². The van der Waals surface area contributed by atoms with Crippen molar-refractivity contribution in [3.8, 4) is 11.5 Å². The van der Waals surface area contributed by atoms with Crippen molar-refractivity contribution in [1.29, 1.82) is 0 Å². The van der Waals surface area contributed by atoms with Crippen molar-refractivity contribution in [2.45, 2.75) is 113 Å². The van der Waals surface area contributed by atoms with Gasteiger partial charge in [0.2, 0.25) is 0 Å². The van der Waals surface area contributed by atoms with Crippen LogP contribution in [0, 0.1) is 10.8 Å². The Morgan fingerprint density at radius 3 is 1.84 bits per heavy atom. The van der Waals surface area contributed by atoms with Crippen LogP contribution in [0.1, 0.15) is 100.0 Å². The van der Waals surface area contributed by atoms with Crippen LogP contribution in [0.25, 0.3) is 0 Å². The number of nitrogens with one attached hydrogen (secondary N) is 1. The van der Waals surface area contributed by atoms with E-state index >= 15 is 0 Å². The highest BCUT2D eigenvalue weighted by Crippen LogP contribution is 2.33. The van der Waals surface area contributed by atoms with E-state index in [1.54, 1.807) is 19.9 Å². The largest absolute Gasteiger partial charge is 0.477 e. The summed E-state index contributed by atoms with van der Waals surface area (Å²) in [5, 5.41) is 13.1. The third-order valence-electron chi connectivity index (χ3n) is 5.44. The molecule has 9 heteroatoms. The molecule has 0 heterocycles. The number of esters is 3. The third-order valence-corrected chi connectivity index (χ3v) is 5.44. The van der Waals surface area contributed by atoms with Crippen LogP contribution in [0.4, 0.5) is 0 Å². The van der Waals surface area contributed by atoms with Gasteiger partial charge < -0.3 is 19.3 Å². The van der Waals surface area contributed by atoms with E-state index in [9.17, 15) is 24.3 Å². The molecule has 0 aliphatic rings. The molecule has 1 aromatic carbocycles. The molecule has 38 heavy (non-hydrogen) atoms. The number of hydrogen-bond donors (Lipinski definition) is 2. The highest BCUT2D eigenvalue weighted by Gasteiger charge is 2.44. The van der Waals surface area contributed by atoms with E-state index in [1.807, 2.05) is 48.5 Å². The van der Waals surface area contributed by atoms with Gasteiger partial charge in [-0.1, -0.05) is 61.5 Å². The maximum Gasteiger partial charge on any atom is 0.364 e. The normalized spacial score (nSPS) is 14.2. The maximum atomic E-state index is 12.7. The molecular weight excluding hydrogens is 490 g/mol. The van der Waals surface area contributed by atoms with E-state index in [0.717, 1.165) is 0 Å². The predicted octanol–water partition coefficient (Wildman–Crippen LogP) is 5.42. The lowest BCUT2D eigenvalue weighted by molar-refractivity contribution is -0.184. The SMILES string of the molecule is CCCC(=O)O[C@](Cc1ccc(OC(=O)CC(C)(C)C)c(OC(=O)CC(C)(C)C)c1)(NC(C)CC)C(=O)O. The molecule has 1 rings (SSSR count). The Balaban J connectivity index is 3.48. The van der Waals surface area contributed by atoms with Crippen LogP contribution in [-0.4, -0.2) is 40.8 Å². The third kappa shape index (κ3) is 11.6. The summed E-state index contributed by atoms with van der Waals surface area (Å²) in [5.74, 6) is -2.99. The van der Waals surface area contributed by atoms with E-state index in [0.29, 0.717) is 18.4 Å².